The van der Waals surface area contributed by atoms with E-state index in [0.29, 0.717) is 17.1 Å². The van der Waals surface area contributed by atoms with E-state index in [4.69, 9.17) is 9.47 Å². The molecule has 8 heteroatoms. The van der Waals surface area contributed by atoms with Crippen molar-refractivity contribution in [2.24, 2.45) is 5.10 Å². The van der Waals surface area contributed by atoms with Gasteiger partial charge in [0.2, 0.25) is 5.91 Å². The van der Waals surface area contributed by atoms with Gasteiger partial charge in [-0.15, -0.1) is 0 Å². The molecule has 0 aliphatic rings. The smallest absolute Gasteiger partial charge is 0.343 e. The third-order valence-electron chi connectivity index (χ3n) is 3.44. The maximum atomic E-state index is 11.9. The summed E-state index contributed by atoms with van der Waals surface area (Å²) in [7, 11) is 2.77. The monoisotopic (exact) mass is 434 g/mol. The van der Waals surface area contributed by atoms with Crippen molar-refractivity contribution in [1.82, 2.24) is 5.43 Å². The fourth-order valence-corrected chi connectivity index (χ4v) is 2.35. The lowest BCUT2D eigenvalue weighted by Gasteiger charge is -2.10. The molecule has 0 saturated carbocycles. The molecule has 0 aliphatic carbocycles. The maximum absolute atomic E-state index is 11.9. The van der Waals surface area contributed by atoms with Crippen molar-refractivity contribution < 1.29 is 23.8 Å². The molecule has 0 atom stereocenters. The third kappa shape index (κ3) is 6.74. The van der Waals surface area contributed by atoms with Crippen LogP contribution in [0.5, 0.6) is 11.5 Å². The molecule has 0 heterocycles. The van der Waals surface area contributed by atoms with Crippen LogP contribution in [0.4, 0.5) is 0 Å². The molecule has 142 valence electrons. The molecule has 2 aromatic carbocycles. The summed E-state index contributed by atoms with van der Waals surface area (Å²) < 4.78 is 16.1. The summed E-state index contributed by atoms with van der Waals surface area (Å²) in [5, 5.41) is 3.94. The van der Waals surface area contributed by atoms with E-state index < -0.39 is 5.97 Å². The zero-order chi connectivity index (χ0) is 19.6. The number of nitrogens with zero attached hydrogens (tertiary/aromatic N) is 1. The van der Waals surface area contributed by atoms with E-state index in [0.717, 1.165) is 10.0 Å². The number of hydrazone groups is 1. The van der Waals surface area contributed by atoms with Gasteiger partial charge in [-0.3, -0.25) is 4.79 Å². The van der Waals surface area contributed by atoms with Crippen molar-refractivity contribution in [1.29, 1.82) is 0 Å². The average Bonchev–Trinajstić information content (AvgIpc) is 2.68. The molecule has 0 saturated heterocycles. The number of carbonyl (C=O) groups is 2. The summed E-state index contributed by atoms with van der Waals surface area (Å²) in [5.74, 6) is 0.123. The van der Waals surface area contributed by atoms with Crippen molar-refractivity contribution in [2.75, 3.05) is 20.8 Å². The standard InChI is InChI=1S/C19H19BrN2O5/c1-25-17-9-14(5-8-16(17)27-12-19(24)26-2)11-21-22-18(23)10-13-3-6-15(20)7-4-13/h3-9,11H,10,12H2,1-2H3,(H,22,23)/b21-11+. The largest absolute Gasteiger partial charge is 0.493 e. The SMILES string of the molecule is COC(=O)COc1ccc(/C=N/NC(=O)Cc2ccc(Br)cc2)cc1OC. The maximum Gasteiger partial charge on any atom is 0.343 e. The van der Waals surface area contributed by atoms with E-state index in [1.807, 2.05) is 24.3 Å². The van der Waals surface area contributed by atoms with Gasteiger partial charge in [0.1, 0.15) is 0 Å². The lowest BCUT2D eigenvalue weighted by molar-refractivity contribution is -0.142. The molecular formula is C19H19BrN2O5. The van der Waals surface area contributed by atoms with E-state index in [1.54, 1.807) is 18.2 Å². The molecule has 0 aromatic heterocycles. The summed E-state index contributed by atoms with van der Waals surface area (Å²) in [6.45, 7) is -0.216. The normalized spacial score (nSPS) is 10.5. The zero-order valence-electron chi connectivity index (χ0n) is 14.9. The van der Waals surface area contributed by atoms with Crippen LogP contribution in [-0.4, -0.2) is 38.9 Å². The first-order valence-corrected chi connectivity index (χ1v) is 8.75. The van der Waals surface area contributed by atoms with Crippen LogP contribution in [0.15, 0.2) is 52.0 Å². The van der Waals surface area contributed by atoms with Gasteiger partial charge >= 0.3 is 5.97 Å². The molecule has 0 spiro atoms. The quantitative estimate of drug-likeness (QED) is 0.392. The van der Waals surface area contributed by atoms with Crippen LogP contribution in [0.1, 0.15) is 11.1 Å². The minimum atomic E-state index is -0.490. The summed E-state index contributed by atoms with van der Waals surface area (Å²) >= 11 is 3.35. The highest BCUT2D eigenvalue weighted by atomic mass is 79.9. The second kappa shape index (κ2) is 10.3. The summed E-state index contributed by atoms with van der Waals surface area (Å²) in [6.07, 6.45) is 1.72. The number of benzene rings is 2. The van der Waals surface area contributed by atoms with Crippen LogP contribution in [-0.2, 0) is 20.7 Å². The van der Waals surface area contributed by atoms with E-state index >= 15 is 0 Å². The number of hydrogen-bond donors (Lipinski definition) is 1. The Morgan fingerprint density at radius 3 is 2.52 bits per heavy atom. The Balaban J connectivity index is 1.92. The molecule has 27 heavy (non-hydrogen) atoms. The Morgan fingerprint density at radius 1 is 1.11 bits per heavy atom. The number of rotatable bonds is 8. The number of carbonyl (C=O) groups excluding carboxylic acids is 2. The average molecular weight is 435 g/mol. The van der Waals surface area contributed by atoms with Gasteiger partial charge in [-0.05, 0) is 41.5 Å². The van der Waals surface area contributed by atoms with E-state index in [2.05, 4.69) is 31.2 Å². The molecule has 2 aromatic rings. The van der Waals surface area contributed by atoms with Gasteiger partial charge in [0.25, 0.3) is 0 Å². The van der Waals surface area contributed by atoms with Crippen LogP contribution in [0.25, 0.3) is 0 Å². The van der Waals surface area contributed by atoms with Gasteiger partial charge in [-0.2, -0.15) is 5.10 Å². The highest BCUT2D eigenvalue weighted by Crippen LogP contribution is 2.27. The van der Waals surface area contributed by atoms with Crippen LogP contribution in [0.3, 0.4) is 0 Å². The Morgan fingerprint density at radius 2 is 1.85 bits per heavy atom. The summed E-state index contributed by atoms with van der Waals surface area (Å²) in [5.41, 5.74) is 4.06. The van der Waals surface area contributed by atoms with Crippen LogP contribution >= 0.6 is 15.9 Å². The topological polar surface area (TPSA) is 86.2 Å². The van der Waals surface area contributed by atoms with Gasteiger partial charge < -0.3 is 14.2 Å². The van der Waals surface area contributed by atoms with Gasteiger partial charge in [0.15, 0.2) is 18.1 Å². The molecular weight excluding hydrogens is 416 g/mol. The number of methoxy groups -OCH3 is 2. The van der Waals surface area contributed by atoms with Crippen LogP contribution in [0.2, 0.25) is 0 Å². The highest BCUT2D eigenvalue weighted by Gasteiger charge is 2.08. The molecule has 0 aliphatic heterocycles. The molecule has 2 rings (SSSR count). The number of hydrogen-bond acceptors (Lipinski definition) is 6. The minimum absolute atomic E-state index is 0.216. The fraction of sp³-hybridized carbons (Fsp3) is 0.211. The van der Waals surface area contributed by atoms with Crippen molar-refractivity contribution >= 4 is 34.0 Å². The number of ether oxygens (including phenoxy) is 3. The highest BCUT2D eigenvalue weighted by molar-refractivity contribution is 9.10. The van der Waals surface area contributed by atoms with E-state index in [1.165, 1.54) is 20.4 Å². The first-order chi connectivity index (χ1) is 13.0. The number of nitrogens with one attached hydrogen (secondary N) is 1. The van der Waals surface area contributed by atoms with Gasteiger partial charge in [0, 0.05) is 4.47 Å². The fourth-order valence-electron chi connectivity index (χ4n) is 2.09. The van der Waals surface area contributed by atoms with Gasteiger partial charge in [-0.25, -0.2) is 10.2 Å². The molecule has 7 nitrogen and oxygen atoms in total. The first-order valence-electron chi connectivity index (χ1n) is 7.96. The second-order valence-electron chi connectivity index (χ2n) is 5.37. The Bertz CT molecular complexity index is 821. The molecule has 0 radical (unpaired) electrons. The van der Waals surface area contributed by atoms with E-state index in [-0.39, 0.29) is 18.9 Å². The Kier molecular flexibility index (Phi) is 7.81. The number of amides is 1. The minimum Gasteiger partial charge on any atom is -0.493 e. The zero-order valence-corrected chi connectivity index (χ0v) is 16.5. The van der Waals surface area contributed by atoms with Crippen molar-refractivity contribution in [3.63, 3.8) is 0 Å². The molecule has 0 fully saturated rings. The lowest BCUT2D eigenvalue weighted by Crippen LogP contribution is -2.19. The van der Waals surface area contributed by atoms with Crippen molar-refractivity contribution in [2.45, 2.75) is 6.42 Å². The Labute approximate surface area is 165 Å². The summed E-state index contributed by atoms with van der Waals surface area (Å²) in [6, 6.07) is 12.5. The number of halogens is 1. The summed E-state index contributed by atoms with van der Waals surface area (Å²) in [4.78, 5) is 23.1. The van der Waals surface area contributed by atoms with Crippen LogP contribution in [0, 0.1) is 0 Å². The van der Waals surface area contributed by atoms with Crippen molar-refractivity contribution in [3.8, 4) is 11.5 Å². The van der Waals surface area contributed by atoms with Crippen molar-refractivity contribution in [3.05, 3.63) is 58.1 Å². The molecule has 0 unspecified atom stereocenters. The molecule has 1 amide bonds. The predicted molar refractivity (Wildman–Crippen MR) is 104 cm³/mol. The molecule has 1 N–H and O–H groups in total. The third-order valence-corrected chi connectivity index (χ3v) is 3.97. The first kappa shape index (κ1) is 20.4. The Hall–Kier alpha value is -2.87. The van der Waals surface area contributed by atoms with Gasteiger partial charge in [-0.1, -0.05) is 28.1 Å². The van der Waals surface area contributed by atoms with Crippen LogP contribution < -0.4 is 14.9 Å². The number of esters is 1. The lowest BCUT2D eigenvalue weighted by atomic mass is 10.1. The molecule has 0 bridgehead atoms. The van der Waals surface area contributed by atoms with E-state index in [9.17, 15) is 9.59 Å². The van der Waals surface area contributed by atoms with Gasteiger partial charge in [0.05, 0.1) is 26.9 Å². The predicted octanol–water partition coefficient (Wildman–Crippen LogP) is 2.70. The second-order valence-corrected chi connectivity index (χ2v) is 6.29.